The fourth-order valence-electron chi connectivity index (χ4n) is 4.32. The molecule has 0 amide bonds. The Hall–Kier alpha value is -3.45. The first-order valence-corrected chi connectivity index (χ1v) is 9.56. The summed E-state index contributed by atoms with van der Waals surface area (Å²) in [6, 6.07) is 18.3. The van der Waals surface area contributed by atoms with E-state index in [4.69, 9.17) is 9.47 Å². The molecule has 0 spiro atoms. The Morgan fingerprint density at radius 2 is 1.53 bits per heavy atom. The highest BCUT2D eigenvalue weighted by Crippen LogP contribution is 2.50. The molecule has 2 aliphatic heterocycles. The predicted octanol–water partition coefficient (Wildman–Crippen LogP) is 2.20. The summed E-state index contributed by atoms with van der Waals surface area (Å²) in [5.41, 5.74) is -0.241. The van der Waals surface area contributed by atoms with Gasteiger partial charge in [0, 0.05) is 5.92 Å². The van der Waals surface area contributed by atoms with E-state index < -0.39 is 35.5 Å². The number of hydrogen-bond acceptors (Lipinski definition) is 7. The van der Waals surface area contributed by atoms with Crippen molar-refractivity contribution in [3.8, 4) is 0 Å². The van der Waals surface area contributed by atoms with Crippen LogP contribution in [0.2, 0.25) is 0 Å². The molecule has 0 saturated heterocycles. The number of benzene rings is 2. The lowest BCUT2D eigenvalue weighted by molar-refractivity contribution is -0.163. The minimum absolute atomic E-state index is 0.228. The normalized spacial score (nSPS) is 27.2. The second-order valence-electron chi connectivity index (χ2n) is 7.17. The van der Waals surface area contributed by atoms with Crippen LogP contribution in [0.25, 0.3) is 0 Å². The van der Waals surface area contributed by atoms with Crippen molar-refractivity contribution in [2.24, 2.45) is 5.10 Å². The molecule has 2 aliphatic rings. The monoisotopic (exact) mass is 406 g/mol. The molecule has 0 bridgehead atoms. The Bertz CT molecular complexity index is 1000. The van der Waals surface area contributed by atoms with Gasteiger partial charge in [-0.2, -0.15) is 5.10 Å². The van der Waals surface area contributed by atoms with Crippen LogP contribution in [0.15, 0.2) is 77.9 Å². The molecule has 2 aromatic rings. The van der Waals surface area contributed by atoms with E-state index in [1.807, 2.05) is 72.8 Å². The van der Waals surface area contributed by atoms with E-state index in [2.05, 4.69) is 5.10 Å². The van der Waals surface area contributed by atoms with Gasteiger partial charge in [0.1, 0.15) is 6.10 Å². The number of carbonyl (C=O) groups is 2. The minimum Gasteiger partial charge on any atom is -0.467 e. The number of carbonyl (C=O) groups excluding carboxylic acids is 2. The van der Waals surface area contributed by atoms with Crippen LogP contribution in [0.5, 0.6) is 0 Å². The number of hydrogen-bond donors (Lipinski definition) is 1. The van der Waals surface area contributed by atoms with Crippen LogP contribution in [-0.4, -0.2) is 53.6 Å². The molecular formula is C23H22N2O5. The maximum Gasteiger partial charge on any atom is 0.357 e. The Morgan fingerprint density at radius 1 is 0.933 bits per heavy atom. The topological polar surface area (TPSA) is 88.4 Å². The van der Waals surface area contributed by atoms with Crippen LogP contribution in [0.3, 0.4) is 0 Å². The van der Waals surface area contributed by atoms with Gasteiger partial charge in [0.25, 0.3) is 0 Å². The summed E-state index contributed by atoms with van der Waals surface area (Å²) in [7, 11) is 2.47. The third-order valence-electron chi connectivity index (χ3n) is 5.70. The van der Waals surface area contributed by atoms with E-state index >= 15 is 0 Å². The third kappa shape index (κ3) is 2.81. The first-order chi connectivity index (χ1) is 14.6. The van der Waals surface area contributed by atoms with Gasteiger partial charge in [-0.25, -0.2) is 9.59 Å². The fourth-order valence-corrected chi connectivity index (χ4v) is 4.32. The molecule has 0 saturated carbocycles. The number of rotatable bonds is 4. The van der Waals surface area contributed by atoms with Crippen LogP contribution in [-0.2, 0) is 19.1 Å². The number of hydrazone groups is 1. The summed E-state index contributed by atoms with van der Waals surface area (Å²) < 4.78 is 9.98. The maximum absolute atomic E-state index is 13.3. The van der Waals surface area contributed by atoms with Crippen LogP contribution in [0, 0.1) is 0 Å². The van der Waals surface area contributed by atoms with Gasteiger partial charge in [-0.3, -0.25) is 5.01 Å². The molecule has 154 valence electrons. The van der Waals surface area contributed by atoms with Crippen LogP contribution >= 0.6 is 0 Å². The molecule has 0 aromatic heterocycles. The molecule has 0 fully saturated rings. The van der Waals surface area contributed by atoms with E-state index in [-0.39, 0.29) is 5.71 Å². The second kappa shape index (κ2) is 7.76. The third-order valence-corrected chi connectivity index (χ3v) is 5.70. The number of methoxy groups -OCH3 is 2. The average Bonchev–Trinajstić information content (AvgIpc) is 3.12. The number of ether oxygens (including phenoxy) is 2. The van der Waals surface area contributed by atoms with E-state index in [1.54, 1.807) is 0 Å². The SMILES string of the molecule is COC(=O)C1=NN2C(c3ccccc3)C=CC(c3ccccc3)C2(C(=O)OC)C1O. The Morgan fingerprint density at radius 3 is 2.10 bits per heavy atom. The number of aliphatic hydroxyl groups excluding tert-OH is 1. The molecule has 0 radical (unpaired) electrons. The van der Waals surface area contributed by atoms with Crippen molar-refractivity contribution >= 4 is 17.7 Å². The Balaban J connectivity index is 1.96. The molecule has 7 heteroatoms. The summed E-state index contributed by atoms with van der Waals surface area (Å²) in [6.07, 6.45) is 2.25. The van der Waals surface area contributed by atoms with Gasteiger partial charge < -0.3 is 14.6 Å². The molecule has 1 N–H and O–H groups in total. The standard InChI is InChI=1S/C23H22N2O5/c1-29-21(27)19-20(26)23(22(28)30-2)17(15-9-5-3-6-10-15)13-14-18(25(23)24-19)16-11-7-4-8-12-16/h3-14,17-18,20,26H,1-2H3. The second-order valence-corrected chi connectivity index (χ2v) is 7.17. The van der Waals surface area contributed by atoms with Gasteiger partial charge in [0.2, 0.25) is 0 Å². The van der Waals surface area contributed by atoms with Gasteiger partial charge in [0.15, 0.2) is 11.3 Å². The number of aliphatic hydroxyl groups is 1. The largest absolute Gasteiger partial charge is 0.467 e. The lowest BCUT2D eigenvalue weighted by atomic mass is 9.71. The van der Waals surface area contributed by atoms with Crippen molar-refractivity contribution in [2.75, 3.05) is 14.2 Å². The number of fused-ring (bicyclic) bond motifs is 1. The lowest BCUT2D eigenvalue weighted by Gasteiger charge is -2.47. The number of nitrogens with zero attached hydrogens (tertiary/aromatic N) is 2. The molecule has 2 aromatic carbocycles. The Kier molecular flexibility index (Phi) is 5.13. The van der Waals surface area contributed by atoms with E-state index in [0.717, 1.165) is 11.1 Å². The van der Waals surface area contributed by atoms with Crippen LogP contribution in [0.4, 0.5) is 0 Å². The summed E-state index contributed by atoms with van der Waals surface area (Å²) in [5, 5.41) is 17.2. The van der Waals surface area contributed by atoms with Gasteiger partial charge in [-0.1, -0.05) is 72.8 Å². The summed E-state index contributed by atoms with van der Waals surface area (Å²) in [4.78, 5) is 25.7. The van der Waals surface area contributed by atoms with Crippen molar-refractivity contribution in [3.63, 3.8) is 0 Å². The van der Waals surface area contributed by atoms with Crippen LogP contribution in [0.1, 0.15) is 23.1 Å². The lowest BCUT2D eigenvalue weighted by Crippen LogP contribution is -2.64. The van der Waals surface area contributed by atoms with Gasteiger partial charge in [0.05, 0.1) is 20.3 Å². The van der Waals surface area contributed by atoms with Crippen molar-refractivity contribution in [1.82, 2.24) is 5.01 Å². The van der Waals surface area contributed by atoms with Crippen molar-refractivity contribution in [1.29, 1.82) is 0 Å². The summed E-state index contributed by atoms with van der Waals surface area (Å²) >= 11 is 0. The van der Waals surface area contributed by atoms with Crippen molar-refractivity contribution in [3.05, 3.63) is 83.9 Å². The molecular weight excluding hydrogens is 384 g/mol. The molecule has 7 nitrogen and oxygen atoms in total. The summed E-state index contributed by atoms with van der Waals surface area (Å²) in [6.45, 7) is 0. The number of esters is 2. The molecule has 4 atom stereocenters. The predicted molar refractivity (Wildman–Crippen MR) is 110 cm³/mol. The quantitative estimate of drug-likeness (QED) is 0.619. The Labute approximate surface area is 174 Å². The van der Waals surface area contributed by atoms with E-state index in [0.29, 0.717) is 0 Å². The van der Waals surface area contributed by atoms with Crippen LogP contribution < -0.4 is 0 Å². The van der Waals surface area contributed by atoms with Gasteiger partial charge in [-0.15, -0.1) is 0 Å². The van der Waals surface area contributed by atoms with Gasteiger partial charge in [-0.05, 0) is 11.1 Å². The first-order valence-electron chi connectivity index (χ1n) is 9.56. The molecule has 2 heterocycles. The summed E-state index contributed by atoms with van der Waals surface area (Å²) in [5.74, 6) is -2.08. The zero-order chi connectivity index (χ0) is 21.3. The molecule has 30 heavy (non-hydrogen) atoms. The molecule has 0 aliphatic carbocycles. The van der Waals surface area contributed by atoms with E-state index in [9.17, 15) is 14.7 Å². The average molecular weight is 406 g/mol. The zero-order valence-corrected chi connectivity index (χ0v) is 16.6. The van der Waals surface area contributed by atoms with E-state index in [1.165, 1.54) is 19.2 Å². The zero-order valence-electron chi connectivity index (χ0n) is 16.6. The highest BCUT2D eigenvalue weighted by atomic mass is 16.5. The minimum atomic E-state index is -1.66. The van der Waals surface area contributed by atoms with Crippen molar-refractivity contribution < 1.29 is 24.2 Å². The maximum atomic E-state index is 13.3. The molecule has 4 rings (SSSR count). The van der Waals surface area contributed by atoms with Crippen molar-refractivity contribution in [2.45, 2.75) is 23.6 Å². The van der Waals surface area contributed by atoms with Gasteiger partial charge >= 0.3 is 11.9 Å². The fraction of sp³-hybridized carbons (Fsp3) is 0.261. The first kappa shape index (κ1) is 19.8. The highest BCUT2D eigenvalue weighted by Gasteiger charge is 2.65. The molecule has 4 unspecified atom stereocenters. The highest BCUT2D eigenvalue weighted by molar-refractivity contribution is 6.39. The smallest absolute Gasteiger partial charge is 0.357 e.